The van der Waals surface area contributed by atoms with E-state index in [1.54, 1.807) is 6.07 Å². The summed E-state index contributed by atoms with van der Waals surface area (Å²) in [7, 11) is 0. The van der Waals surface area contributed by atoms with Crippen LogP contribution in [0.1, 0.15) is 75.5 Å². The van der Waals surface area contributed by atoms with Crippen LogP contribution in [-0.2, 0) is 11.6 Å². The minimum Gasteiger partial charge on any atom is -0.340 e. The van der Waals surface area contributed by atoms with Gasteiger partial charge in [0.15, 0.2) is 0 Å². The van der Waals surface area contributed by atoms with Gasteiger partial charge in [-0.1, -0.05) is 64.3 Å². The Morgan fingerprint density at radius 1 is 0.853 bits per heavy atom. The summed E-state index contributed by atoms with van der Waals surface area (Å²) in [5.74, 6) is 0.410. The first kappa shape index (κ1) is 24.0. The molecule has 2 N–H and O–H groups in total. The fourth-order valence-electron chi connectivity index (χ4n) is 4.35. The van der Waals surface area contributed by atoms with Crippen LogP contribution in [0.25, 0.3) is 0 Å². The van der Waals surface area contributed by atoms with Crippen molar-refractivity contribution in [1.29, 1.82) is 0 Å². The van der Waals surface area contributed by atoms with Gasteiger partial charge in [0, 0.05) is 17.6 Å². The molecule has 1 fully saturated rings. The fraction of sp³-hybridized carbons (Fsp3) is 0.407. The van der Waals surface area contributed by atoms with Crippen LogP contribution in [0.2, 0.25) is 0 Å². The number of nitrogens with zero attached hydrogens (tertiary/aromatic N) is 2. The third-order valence-corrected chi connectivity index (χ3v) is 6.33. The number of rotatable bonds is 5. The van der Waals surface area contributed by atoms with Crippen LogP contribution in [-0.4, -0.2) is 9.97 Å². The molecule has 34 heavy (non-hydrogen) atoms. The van der Waals surface area contributed by atoms with Crippen LogP contribution >= 0.6 is 0 Å². The predicted molar refractivity (Wildman–Crippen MR) is 131 cm³/mol. The Kier molecular flexibility index (Phi) is 6.82. The summed E-state index contributed by atoms with van der Waals surface area (Å²) in [5, 5.41) is 5.90. The predicted octanol–water partition coefficient (Wildman–Crippen LogP) is 8.33. The largest absolute Gasteiger partial charge is 0.421 e. The zero-order chi connectivity index (χ0) is 24.3. The number of anilines is 4. The van der Waals surface area contributed by atoms with Gasteiger partial charge in [0.25, 0.3) is 0 Å². The minimum atomic E-state index is -4.58. The Hall–Kier alpha value is -3.09. The number of hydrogen-bond donors (Lipinski definition) is 2. The lowest BCUT2D eigenvalue weighted by Crippen LogP contribution is -2.14. The van der Waals surface area contributed by atoms with Crippen LogP contribution < -0.4 is 10.6 Å². The zero-order valence-electron chi connectivity index (χ0n) is 19.8. The van der Waals surface area contributed by atoms with Crippen LogP contribution in [0.4, 0.5) is 36.3 Å². The molecule has 0 unspecified atom stereocenters. The van der Waals surface area contributed by atoms with E-state index < -0.39 is 11.7 Å². The highest BCUT2D eigenvalue weighted by Crippen LogP contribution is 2.36. The SMILES string of the molecule is CC(C)(C)c1cccc(Nc2nc(Nc3ccc(C4CCCCC4)cc3)ncc2C(F)(F)F)c1. The van der Waals surface area contributed by atoms with Crippen LogP contribution in [0.3, 0.4) is 0 Å². The Labute approximate surface area is 199 Å². The maximum atomic E-state index is 13.7. The Morgan fingerprint density at radius 3 is 2.21 bits per heavy atom. The molecule has 0 atom stereocenters. The molecular weight excluding hydrogens is 437 g/mol. The zero-order valence-corrected chi connectivity index (χ0v) is 19.8. The van der Waals surface area contributed by atoms with Crippen molar-refractivity contribution in [2.45, 2.75) is 70.4 Å². The highest BCUT2D eigenvalue weighted by Gasteiger charge is 2.35. The van der Waals surface area contributed by atoms with E-state index >= 15 is 0 Å². The van der Waals surface area contributed by atoms with Crippen molar-refractivity contribution >= 4 is 23.1 Å². The molecule has 1 aliphatic rings. The number of halogens is 3. The van der Waals surface area contributed by atoms with Crippen LogP contribution in [0, 0.1) is 0 Å². The highest BCUT2D eigenvalue weighted by molar-refractivity contribution is 5.63. The van der Waals surface area contributed by atoms with E-state index in [0.717, 1.165) is 17.4 Å². The summed E-state index contributed by atoms with van der Waals surface area (Å²) in [6.07, 6.45) is 2.49. The molecule has 1 heterocycles. The Morgan fingerprint density at radius 2 is 1.56 bits per heavy atom. The van der Waals surface area contributed by atoms with Crippen molar-refractivity contribution in [2.24, 2.45) is 0 Å². The van der Waals surface area contributed by atoms with Gasteiger partial charge in [-0.15, -0.1) is 0 Å². The van der Waals surface area contributed by atoms with Crippen LogP contribution in [0.15, 0.2) is 54.7 Å². The molecular formula is C27H31F3N4. The second kappa shape index (κ2) is 9.65. The fourth-order valence-corrected chi connectivity index (χ4v) is 4.35. The van der Waals surface area contributed by atoms with E-state index in [4.69, 9.17) is 0 Å². The average molecular weight is 469 g/mol. The number of benzene rings is 2. The molecule has 0 saturated heterocycles. The number of alkyl halides is 3. The van der Waals surface area contributed by atoms with Gasteiger partial charge in [0.05, 0.1) is 0 Å². The maximum Gasteiger partial charge on any atom is 0.421 e. The number of aromatic nitrogens is 2. The second-order valence-corrected chi connectivity index (χ2v) is 9.99. The Bertz CT molecular complexity index is 1110. The van der Waals surface area contributed by atoms with Crippen molar-refractivity contribution in [3.05, 3.63) is 71.4 Å². The van der Waals surface area contributed by atoms with Gasteiger partial charge in [0.1, 0.15) is 11.4 Å². The monoisotopic (exact) mass is 468 g/mol. The number of hydrogen-bond acceptors (Lipinski definition) is 4. The smallest absolute Gasteiger partial charge is 0.340 e. The summed E-state index contributed by atoms with van der Waals surface area (Å²) >= 11 is 0. The average Bonchev–Trinajstić information content (AvgIpc) is 2.79. The van der Waals surface area contributed by atoms with Crippen molar-refractivity contribution in [3.63, 3.8) is 0 Å². The number of nitrogens with one attached hydrogen (secondary N) is 2. The summed E-state index contributed by atoms with van der Waals surface area (Å²) in [6, 6.07) is 15.4. The maximum absolute atomic E-state index is 13.7. The first-order valence-electron chi connectivity index (χ1n) is 11.8. The highest BCUT2D eigenvalue weighted by atomic mass is 19.4. The second-order valence-electron chi connectivity index (χ2n) is 9.99. The normalized spacial score (nSPS) is 15.2. The standard InChI is InChI=1S/C27H31F3N4/c1-26(2,3)20-10-7-11-22(16-20)32-24-23(27(28,29)30)17-31-25(34-24)33-21-14-12-19(13-15-21)18-8-5-4-6-9-18/h7,10-18H,4-6,8-9H2,1-3H3,(H2,31,32,33,34). The first-order valence-corrected chi connectivity index (χ1v) is 11.8. The molecule has 0 amide bonds. The van der Waals surface area contributed by atoms with Gasteiger partial charge in [0.2, 0.25) is 5.95 Å². The molecule has 1 saturated carbocycles. The molecule has 1 aromatic heterocycles. The molecule has 3 aromatic rings. The lowest BCUT2D eigenvalue weighted by atomic mass is 9.84. The lowest BCUT2D eigenvalue weighted by molar-refractivity contribution is -0.137. The Balaban J connectivity index is 1.57. The van der Waals surface area contributed by atoms with Gasteiger partial charge in [-0.05, 0) is 59.6 Å². The molecule has 4 nitrogen and oxygen atoms in total. The topological polar surface area (TPSA) is 49.8 Å². The minimum absolute atomic E-state index is 0.105. The summed E-state index contributed by atoms with van der Waals surface area (Å²) in [4.78, 5) is 8.11. The van der Waals surface area contributed by atoms with Crippen molar-refractivity contribution in [3.8, 4) is 0 Å². The van der Waals surface area contributed by atoms with E-state index in [0.29, 0.717) is 11.6 Å². The van der Waals surface area contributed by atoms with Crippen molar-refractivity contribution in [1.82, 2.24) is 9.97 Å². The van der Waals surface area contributed by atoms with Crippen molar-refractivity contribution < 1.29 is 13.2 Å². The first-order chi connectivity index (χ1) is 16.1. The van der Waals surface area contributed by atoms with Gasteiger partial charge >= 0.3 is 6.18 Å². The third kappa shape index (κ3) is 5.88. The summed E-state index contributed by atoms with van der Waals surface area (Å²) in [6.45, 7) is 6.17. The molecule has 0 spiro atoms. The quantitative estimate of drug-likeness (QED) is 0.395. The summed E-state index contributed by atoms with van der Waals surface area (Å²) in [5.41, 5.74) is 2.55. The van der Waals surface area contributed by atoms with E-state index in [-0.39, 0.29) is 17.2 Å². The van der Waals surface area contributed by atoms with Crippen LogP contribution in [0.5, 0.6) is 0 Å². The van der Waals surface area contributed by atoms with E-state index in [9.17, 15) is 13.2 Å². The van der Waals surface area contributed by atoms with E-state index in [1.165, 1.54) is 37.7 Å². The molecule has 0 aliphatic heterocycles. The molecule has 0 radical (unpaired) electrons. The lowest BCUT2D eigenvalue weighted by Gasteiger charge is -2.22. The molecule has 0 bridgehead atoms. The third-order valence-electron chi connectivity index (χ3n) is 6.33. The van der Waals surface area contributed by atoms with Gasteiger partial charge < -0.3 is 10.6 Å². The molecule has 1 aliphatic carbocycles. The molecule has 2 aromatic carbocycles. The van der Waals surface area contributed by atoms with Gasteiger partial charge in [-0.3, -0.25) is 0 Å². The van der Waals surface area contributed by atoms with Crippen molar-refractivity contribution in [2.75, 3.05) is 10.6 Å². The van der Waals surface area contributed by atoms with Gasteiger partial charge in [-0.25, -0.2) is 4.98 Å². The van der Waals surface area contributed by atoms with Gasteiger partial charge in [-0.2, -0.15) is 18.2 Å². The van der Waals surface area contributed by atoms with E-state index in [2.05, 4.69) is 53.5 Å². The molecule has 7 heteroatoms. The summed E-state index contributed by atoms with van der Waals surface area (Å²) < 4.78 is 41.0. The molecule has 4 rings (SSSR count). The van der Waals surface area contributed by atoms with E-state index in [1.807, 2.05) is 30.3 Å². The molecule has 180 valence electrons.